The first kappa shape index (κ1) is 18.6. The minimum absolute atomic E-state index is 0.629. The fourth-order valence-corrected chi connectivity index (χ4v) is 4.39. The Balaban J connectivity index is 1.77. The second-order valence-electron chi connectivity index (χ2n) is 8.24. The van der Waals surface area contributed by atoms with Crippen molar-refractivity contribution in [3.63, 3.8) is 0 Å². The topological polar surface area (TPSA) is 0 Å². The third kappa shape index (κ3) is 5.98. The fourth-order valence-electron chi connectivity index (χ4n) is 4.39. The molecule has 23 heavy (non-hydrogen) atoms. The van der Waals surface area contributed by atoms with E-state index in [2.05, 4.69) is 45.0 Å². The summed E-state index contributed by atoms with van der Waals surface area (Å²) < 4.78 is 0. The van der Waals surface area contributed by atoms with Gasteiger partial charge < -0.3 is 0 Å². The van der Waals surface area contributed by atoms with E-state index in [0.717, 1.165) is 5.92 Å². The lowest BCUT2D eigenvalue weighted by molar-refractivity contribution is 0.182. The van der Waals surface area contributed by atoms with E-state index >= 15 is 0 Å². The van der Waals surface area contributed by atoms with E-state index in [0.29, 0.717) is 5.41 Å². The number of benzene rings is 1. The van der Waals surface area contributed by atoms with Gasteiger partial charge in [-0.2, -0.15) is 0 Å². The van der Waals surface area contributed by atoms with Crippen molar-refractivity contribution < 1.29 is 0 Å². The van der Waals surface area contributed by atoms with Gasteiger partial charge in [-0.1, -0.05) is 77.1 Å². The van der Waals surface area contributed by atoms with Gasteiger partial charge in [-0.3, -0.25) is 0 Å². The molecule has 0 amide bonds. The first-order chi connectivity index (χ1) is 11.2. The Bertz CT molecular complexity index is 420. The smallest absolute Gasteiger partial charge is 0.0162 e. The zero-order valence-electron chi connectivity index (χ0n) is 15.9. The zero-order valence-corrected chi connectivity index (χ0v) is 15.9. The molecule has 0 aliphatic heterocycles. The van der Waals surface area contributed by atoms with Gasteiger partial charge >= 0.3 is 0 Å². The SMILES string of the molecule is CCCCCCCc1ccc([C@H]2CC[C@@](C)(CCC)CC2)cc1. The highest BCUT2D eigenvalue weighted by atomic mass is 14.4. The van der Waals surface area contributed by atoms with Gasteiger partial charge in [-0.05, 0) is 67.4 Å². The van der Waals surface area contributed by atoms with Crippen molar-refractivity contribution in [2.75, 3.05) is 0 Å². The van der Waals surface area contributed by atoms with Crippen molar-refractivity contribution >= 4 is 0 Å². The lowest BCUT2D eigenvalue weighted by Crippen LogP contribution is -2.23. The van der Waals surface area contributed by atoms with Gasteiger partial charge in [0, 0.05) is 0 Å². The third-order valence-corrected chi connectivity index (χ3v) is 6.07. The molecule has 130 valence electrons. The standard InChI is InChI=1S/C23H38/c1-4-6-7-8-9-10-20-11-13-21(14-12-20)22-15-18-23(3,17-5-2)19-16-22/h11-14,22H,4-10,15-19H2,1-3H3/t22-,23+. The van der Waals surface area contributed by atoms with E-state index in [-0.39, 0.29) is 0 Å². The van der Waals surface area contributed by atoms with Crippen LogP contribution in [0.4, 0.5) is 0 Å². The summed E-state index contributed by atoms with van der Waals surface area (Å²) in [4.78, 5) is 0. The van der Waals surface area contributed by atoms with Gasteiger partial charge in [-0.15, -0.1) is 0 Å². The first-order valence-electron chi connectivity index (χ1n) is 10.3. The molecule has 0 spiro atoms. The summed E-state index contributed by atoms with van der Waals surface area (Å²) in [6.45, 7) is 7.13. The molecule has 1 aliphatic rings. The molecular weight excluding hydrogens is 276 g/mol. The fraction of sp³-hybridized carbons (Fsp3) is 0.739. The second kappa shape index (κ2) is 9.50. The van der Waals surface area contributed by atoms with Gasteiger partial charge in [0.15, 0.2) is 0 Å². The lowest BCUT2D eigenvalue weighted by atomic mass is 9.68. The van der Waals surface area contributed by atoms with Crippen molar-refractivity contribution in [3.05, 3.63) is 35.4 Å². The zero-order chi connectivity index (χ0) is 16.5. The van der Waals surface area contributed by atoms with Crippen molar-refractivity contribution in [1.82, 2.24) is 0 Å². The Morgan fingerprint density at radius 2 is 1.52 bits per heavy atom. The van der Waals surface area contributed by atoms with Crippen LogP contribution in [0.2, 0.25) is 0 Å². The minimum atomic E-state index is 0.629. The molecule has 0 saturated heterocycles. The van der Waals surface area contributed by atoms with Crippen molar-refractivity contribution in [1.29, 1.82) is 0 Å². The van der Waals surface area contributed by atoms with Crippen molar-refractivity contribution in [2.24, 2.45) is 5.41 Å². The molecule has 0 heterocycles. The van der Waals surface area contributed by atoms with Gasteiger partial charge in [0.05, 0.1) is 0 Å². The molecule has 0 unspecified atom stereocenters. The normalized spacial score (nSPS) is 24.7. The Kier molecular flexibility index (Phi) is 7.66. The molecule has 0 nitrogen and oxygen atoms in total. The highest BCUT2D eigenvalue weighted by Crippen LogP contribution is 2.45. The molecule has 1 aromatic rings. The monoisotopic (exact) mass is 314 g/mol. The number of aryl methyl sites for hydroxylation is 1. The summed E-state index contributed by atoms with van der Waals surface area (Å²) in [6.07, 6.45) is 16.6. The van der Waals surface area contributed by atoms with Crippen molar-refractivity contribution in [2.45, 2.75) is 104 Å². The van der Waals surface area contributed by atoms with Gasteiger partial charge in [0.25, 0.3) is 0 Å². The summed E-state index contributed by atoms with van der Waals surface area (Å²) in [7, 11) is 0. The quantitative estimate of drug-likeness (QED) is 0.410. The second-order valence-corrected chi connectivity index (χ2v) is 8.24. The highest BCUT2D eigenvalue weighted by Gasteiger charge is 2.30. The van der Waals surface area contributed by atoms with Gasteiger partial charge in [0.1, 0.15) is 0 Å². The van der Waals surface area contributed by atoms with E-state index in [9.17, 15) is 0 Å². The van der Waals surface area contributed by atoms with Crippen LogP contribution in [0.1, 0.15) is 108 Å². The summed E-state index contributed by atoms with van der Waals surface area (Å²) >= 11 is 0. The van der Waals surface area contributed by atoms with Crippen LogP contribution in [0.15, 0.2) is 24.3 Å². The maximum absolute atomic E-state index is 2.51. The molecule has 0 N–H and O–H groups in total. The minimum Gasteiger partial charge on any atom is -0.0654 e. The molecule has 0 radical (unpaired) electrons. The van der Waals surface area contributed by atoms with Crippen LogP contribution in [0.5, 0.6) is 0 Å². The maximum Gasteiger partial charge on any atom is -0.0162 e. The molecular formula is C23H38. The molecule has 0 atom stereocenters. The van der Waals surface area contributed by atoms with Gasteiger partial charge in [-0.25, -0.2) is 0 Å². The van der Waals surface area contributed by atoms with E-state index in [1.54, 1.807) is 5.56 Å². The summed E-state index contributed by atoms with van der Waals surface area (Å²) in [5.41, 5.74) is 3.76. The third-order valence-electron chi connectivity index (χ3n) is 6.07. The number of unbranched alkanes of at least 4 members (excludes halogenated alkanes) is 4. The Hall–Kier alpha value is -0.780. The molecule has 1 aliphatic carbocycles. The average molecular weight is 315 g/mol. The number of hydrogen-bond acceptors (Lipinski definition) is 0. The predicted molar refractivity (Wildman–Crippen MR) is 103 cm³/mol. The molecule has 0 aromatic heterocycles. The van der Waals surface area contributed by atoms with Crippen LogP contribution in [0.25, 0.3) is 0 Å². The summed E-state index contributed by atoms with van der Waals surface area (Å²) in [6, 6.07) is 9.65. The molecule has 1 fully saturated rings. The Morgan fingerprint density at radius 3 is 2.13 bits per heavy atom. The van der Waals surface area contributed by atoms with E-state index in [1.165, 1.54) is 82.6 Å². The lowest BCUT2D eigenvalue weighted by Gasteiger charge is -2.37. The van der Waals surface area contributed by atoms with Crippen LogP contribution in [-0.4, -0.2) is 0 Å². The van der Waals surface area contributed by atoms with Gasteiger partial charge in [0.2, 0.25) is 0 Å². The van der Waals surface area contributed by atoms with E-state index < -0.39 is 0 Å². The first-order valence-corrected chi connectivity index (χ1v) is 10.3. The summed E-state index contributed by atoms with van der Waals surface area (Å²) in [5.74, 6) is 0.818. The molecule has 0 bridgehead atoms. The highest BCUT2D eigenvalue weighted by molar-refractivity contribution is 5.26. The summed E-state index contributed by atoms with van der Waals surface area (Å²) in [5, 5.41) is 0. The molecule has 0 heteroatoms. The number of hydrogen-bond donors (Lipinski definition) is 0. The molecule has 1 aromatic carbocycles. The molecule has 2 rings (SSSR count). The van der Waals surface area contributed by atoms with Crippen LogP contribution < -0.4 is 0 Å². The predicted octanol–water partition coefficient (Wildman–Crippen LogP) is 7.66. The van der Waals surface area contributed by atoms with E-state index in [1.807, 2.05) is 0 Å². The average Bonchev–Trinajstić information content (AvgIpc) is 2.56. The van der Waals surface area contributed by atoms with E-state index in [4.69, 9.17) is 0 Å². The Morgan fingerprint density at radius 1 is 0.870 bits per heavy atom. The largest absolute Gasteiger partial charge is 0.0654 e. The maximum atomic E-state index is 2.51. The molecule has 1 saturated carbocycles. The van der Waals surface area contributed by atoms with Crippen LogP contribution in [-0.2, 0) is 6.42 Å². The van der Waals surface area contributed by atoms with Crippen LogP contribution >= 0.6 is 0 Å². The van der Waals surface area contributed by atoms with Crippen molar-refractivity contribution in [3.8, 4) is 0 Å². The number of rotatable bonds is 9. The van der Waals surface area contributed by atoms with Crippen LogP contribution in [0, 0.1) is 5.41 Å². The Labute approximate surface area is 145 Å². The van der Waals surface area contributed by atoms with Crippen LogP contribution in [0.3, 0.4) is 0 Å².